The Bertz CT molecular complexity index is 816. The van der Waals surface area contributed by atoms with E-state index in [1.54, 1.807) is 6.07 Å². The van der Waals surface area contributed by atoms with Gasteiger partial charge in [-0.2, -0.15) is 13.2 Å². The van der Waals surface area contributed by atoms with Crippen molar-refractivity contribution < 1.29 is 18.3 Å². The van der Waals surface area contributed by atoms with Crippen LogP contribution in [0.5, 0.6) is 5.75 Å². The van der Waals surface area contributed by atoms with Crippen molar-refractivity contribution in [3.8, 4) is 16.9 Å². The monoisotopic (exact) mass is 380 g/mol. The molecule has 3 nitrogen and oxygen atoms in total. The molecule has 148 valence electrons. The first-order chi connectivity index (χ1) is 12.2. The fourth-order valence-electron chi connectivity index (χ4n) is 2.59. The Balaban J connectivity index is 2.62. The van der Waals surface area contributed by atoms with Gasteiger partial charge in [0.1, 0.15) is 5.75 Å². The lowest BCUT2D eigenvalue weighted by Crippen LogP contribution is -2.35. The summed E-state index contributed by atoms with van der Waals surface area (Å²) in [6.07, 6.45) is -2.36. The number of benzene rings is 1. The summed E-state index contributed by atoms with van der Waals surface area (Å²) in [6, 6.07) is 4.67. The summed E-state index contributed by atoms with van der Waals surface area (Å²) in [5.74, 6) is -0.0270. The minimum Gasteiger partial charge on any atom is -0.507 e. The minimum atomic E-state index is -4.49. The third kappa shape index (κ3) is 5.45. The van der Waals surface area contributed by atoms with Crippen molar-refractivity contribution in [2.24, 2.45) is 0 Å². The summed E-state index contributed by atoms with van der Waals surface area (Å²) in [5.41, 5.74) is 0.936. The van der Waals surface area contributed by atoms with Crippen LogP contribution in [0.4, 0.5) is 13.2 Å². The number of hydrogen-bond donors (Lipinski definition) is 2. The number of rotatable bonds is 3. The van der Waals surface area contributed by atoms with Crippen molar-refractivity contribution in [3.63, 3.8) is 0 Å². The van der Waals surface area contributed by atoms with Gasteiger partial charge in [0, 0.05) is 41.2 Å². The number of aromatic hydroxyl groups is 1. The van der Waals surface area contributed by atoms with Crippen LogP contribution in [0.25, 0.3) is 11.1 Å². The lowest BCUT2D eigenvalue weighted by atomic mass is 9.83. The van der Waals surface area contributed by atoms with Gasteiger partial charge in [0.25, 0.3) is 0 Å². The zero-order chi connectivity index (χ0) is 20.6. The second-order valence-electron chi connectivity index (χ2n) is 8.85. The van der Waals surface area contributed by atoms with E-state index in [1.807, 2.05) is 47.6 Å². The summed E-state index contributed by atoms with van der Waals surface area (Å²) in [5, 5.41) is 14.1. The quantitative estimate of drug-likeness (QED) is 0.722. The first-order valence-corrected chi connectivity index (χ1v) is 8.82. The summed E-state index contributed by atoms with van der Waals surface area (Å²) in [7, 11) is 0. The van der Waals surface area contributed by atoms with Gasteiger partial charge in [0.2, 0.25) is 0 Å². The fraction of sp³-hybridized carbons (Fsp3) is 0.476. The number of nitrogens with zero attached hydrogens (tertiary/aromatic N) is 1. The first-order valence-electron chi connectivity index (χ1n) is 8.82. The molecule has 0 radical (unpaired) electrons. The molecular formula is C21H27F3N2O. The Morgan fingerprint density at radius 1 is 0.926 bits per heavy atom. The summed E-state index contributed by atoms with van der Waals surface area (Å²) >= 11 is 0. The molecule has 0 aliphatic carbocycles. The maximum atomic E-state index is 13.1. The highest BCUT2D eigenvalue weighted by molar-refractivity contribution is 5.73. The van der Waals surface area contributed by atoms with Crippen LogP contribution in [-0.2, 0) is 18.1 Å². The van der Waals surface area contributed by atoms with Gasteiger partial charge in [0.05, 0.1) is 5.56 Å². The topological polar surface area (TPSA) is 45.2 Å². The van der Waals surface area contributed by atoms with Crippen molar-refractivity contribution in [1.82, 2.24) is 10.3 Å². The number of phenols is 1. The van der Waals surface area contributed by atoms with Crippen molar-refractivity contribution in [2.75, 3.05) is 0 Å². The molecule has 6 heteroatoms. The van der Waals surface area contributed by atoms with E-state index < -0.39 is 11.7 Å². The number of hydrogen-bond acceptors (Lipinski definition) is 3. The molecule has 1 heterocycles. The van der Waals surface area contributed by atoms with E-state index in [9.17, 15) is 18.3 Å². The van der Waals surface area contributed by atoms with Crippen LogP contribution in [0.15, 0.2) is 30.6 Å². The normalized spacial score (nSPS) is 13.1. The molecule has 1 aromatic heterocycles. The molecule has 2 N–H and O–H groups in total. The standard InChI is InChI=1S/C21H27F3N2O/c1-19(2,3)15-8-14(11-26-20(4,5)6)18(27)17(9-15)13-7-16(12-25-10-13)21(22,23)24/h7-10,12,26-27H,11H2,1-6H3. The smallest absolute Gasteiger partial charge is 0.417 e. The zero-order valence-electron chi connectivity index (χ0n) is 16.6. The molecule has 27 heavy (non-hydrogen) atoms. The molecule has 0 unspecified atom stereocenters. The largest absolute Gasteiger partial charge is 0.507 e. The van der Waals surface area contributed by atoms with Crippen molar-refractivity contribution in [3.05, 3.63) is 47.3 Å². The number of alkyl halides is 3. The van der Waals surface area contributed by atoms with Gasteiger partial charge in [-0.1, -0.05) is 26.8 Å². The number of halogens is 3. The van der Waals surface area contributed by atoms with Crippen molar-refractivity contribution in [1.29, 1.82) is 0 Å². The molecule has 0 aliphatic heterocycles. The van der Waals surface area contributed by atoms with E-state index >= 15 is 0 Å². The first kappa shape index (κ1) is 21.2. The van der Waals surface area contributed by atoms with Gasteiger partial charge < -0.3 is 10.4 Å². The Morgan fingerprint density at radius 3 is 2.07 bits per heavy atom. The molecule has 0 atom stereocenters. The third-order valence-corrected chi connectivity index (χ3v) is 4.24. The number of pyridine rings is 1. The SMILES string of the molecule is CC(C)(C)NCc1cc(C(C)(C)C)cc(-c2cncc(C(F)(F)F)c2)c1O. The van der Waals surface area contributed by atoms with Crippen molar-refractivity contribution in [2.45, 2.75) is 65.2 Å². The average molecular weight is 380 g/mol. The molecule has 0 saturated heterocycles. The molecule has 0 fully saturated rings. The summed E-state index contributed by atoms with van der Waals surface area (Å²) in [6.45, 7) is 12.5. The van der Waals surface area contributed by atoms with E-state index in [-0.39, 0.29) is 22.3 Å². The van der Waals surface area contributed by atoms with Crippen LogP contribution >= 0.6 is 0 Å². The average Bonchev–Trinajstić information content (AvgIpc) is 2.51. The molecule has 0 amide bonds. The van der Waals surface area contributed by atoms with Gasteiger partial charge in [-0.15, -0.1) is 0 Å². The molecule has 0 saturated carbocycles. The van der Waals surface area contributed by atoms with Crippen LogP contribution in [0, 0.1) is 0 Å². The summed E-state index contributed by atoms with van der Waals surface area (Å²) < 4.78 is 39.2. The van der Waals surface area contributed by atoms with Gasteiger partial charge >= 0.3 is 6.18 Å². The van der Waals surface area contributed by atoms with E-state index in [0.29, 0.717) is 17.7 Å². The number of nitrogens with one attached hydrogen (secondary N) is 1. The maximum Gasteiger partial charge on any atom is 0.417 e. The highest BCUT2D eigenvalue weighted by Crippen LogP contribution is 2.39. The summed E-state index contributed by atoms with van der Waals surface area (Å²) in [4.78, 5) is 3.73. The highest BCUT2D eigenvalue weighted by Gasteiger charge is 2.31. The lowest BCUT2D eigenvalue weighted by Gasteiger charge is -2.25. The number of phenolic OH excluding ortho intramolecular Hbond substituents is 1. The van der Waals surface area contributed by atoms with Gasteiger partial charge in [-0.05, 0) is 43.9 Å². The third-order valence-electron chi connectivity index (χ3n) is 4.24. The van der Waals surface area contributed by atoms with Crippen LogP contribution in [0.1, 0.15) is 58.2 Å². The molecule has 1 aromatic carbocycles. The fourth-order valence-corrected chi connectivity index (χ4v) is 2.59. The van der Waals surface area contributed by atoms with Crippen molar-refractivity contribution >= 4 is 0 Å². The van der Waals surface area contributed by atoms with Crippen LogP contribution in [0.3, 0.4) is 0 Å². The lowest BCUT2D eigenvalue weighted by molar-refractivity contribution is -0.137. The molecule has 0 aliphatic rings. The zero-order valence-corrected chi connectivity index (χ0v) is 16.6. The predicted molar refractivity (Wildman–Crippen MR) is 102 cm³/mol. The Hall–Kier alpha value is -2.08. The van der Waals surface area contributed by atoms with Crippen LogP contribution < -0.4 is 5.32 Å². The highest BCUT2D eigenvalue weighted by atomic mass is 19.4. The number of aromatic nitrogens is 1. The van der Waals surface area contributed by atoms with E-state index in [4.69, 9.17) is 0 Å². The Morgan fingerprint density at radius 2 is 1.56 bits per heavy atom. The van der Waals surface area contributed by atoms with Gasteiger partial charge in [-0.3, -0.25) is 4.98 Å². The second kappa shape index (κ2) is 7.15. The minimum absolute atomic E-state index is 0.0270. The molecule has 2 rings (SSSR count). The van der Waals surface area contributed by atoms with E-state index in [1.165, 1.54) is 6.20 Å². The van der Waals surface area contributed by atoms with Crippen LogP contribution in [-0.4, -0.2) is 15.6 Å². The maximum absolute atomic E-state index is 13.1. The molecule has 0 bridgehead atoms. The Labute approximate surface area is 158 Å². The second-order valence-corrected chi connectivity index (χ2v) is 8.85. The molecular weight excluding hydrogens is 353 g/mol. The van der Waals surface area contributed by atoms with E-state index in [0.717, 1.165) is 17.8 Å². The predicted octanol–water partition coefficient (Wildman–Crippen LogP) is 5.66. The van der Waals surface area contributed by atoms with Gasteiger partial charge in [-0.25, -0.2) is 0 Å². The Kier molecular flexibility index (Phi) is 5.62. The van der Waals surface area contributed by atoms with Gasteiger partial charge in [0.15, 0.2) is 0 Å². The molecule has 0 spiro atoms. The molecule has 2 aromatic rings. The van der Waals surface area contributed by atoms with E-state index in [2.05, 4.69) is 10.3 Å². The van der Waals surface area contributed by atoms with Crippen LogP contribution in [0.2, 0.25) is 0 Å².